The largest absolute Gasteiger partial charge is 0.458 e. The number of aliphatic hydroxyl groups excluding tert-OH is 26. The third-order valence-electron chi connectivity index (χ3n) is 35.3. The van der Waals surface area contributed by atoms with E-state index in [1.807, 2.05) is 20.8 Å². The zero-order valence-electron chi connectivity index (χ0n) is 86.5. The minimum Gasteiger partial charge on any atom is -0.458 e. The summed E-state index contributed by atoms with van der Waals surface area (Å²) < 4.78 is 121. The van der Waals surface area contributed by atoms with Crippen LogP contribution >= 0.6 is 0 Å². The number of hydrogen-bond donors (Lipinski definition) is 26. The summed E-state index contributed by atoms with van der Waals surface area (Å²) in [5.41, 5.74) is -8.73. The number of hydrogen-bond acceptors (Lipinski definition) is 49. The molecule has 9 heterocycles. The van der Waals surface area contributed by atoms with Gasteiger partial charge in [0.1, 0.15) is 182 Å². The van der Waals surface area contributed by atoms with Crippen LogP contribution in [0, 0.1) is 50.2 Å². The lowest BCUT2D eigenvalue weighted by Crippen LogP contribution is -2.70. The fourth-order valence-electron chi connectivity index (χ4n) is 25.4. The summed E-state index contributed by atoms with van der Waals surface area (Å²) >= 11 is 0. The number of ether oxygens (including phenoxy) is 20. The van der Waals surface area contributed by atoms with Gasteiger partial charge in [0.2, 0.25) is 6.29 Å². The van der Waals surface area contributed by atoms with Gasteiger partial charge in [-0.3, -0.25) is 4.79 Å². The van der Waals surface area contributed by atoms with Gasteiger partial charge in [0, 0.05) is 17.4 Å². The van der Waals surface area contributed by atoms with Crippen molar-refractivity contribution in [2.75, 3.05) is 46.2 Å². The van der Waals surface area contributed by atoms with Crippen molar-refractivity contribution in [1.29, 1.82) is 0 Å². The molecular weight excluding hydrogens is 2000 g/mol. The van der Waals surface area contributed by atoms with Crippen LogP contribution in [0.3, 0.4) is 0 Å². The van der Waals surface area contributed by atoms with Crippen molar-refractivity contribution in [3.8, 4) is 0 Å². The van der Waals surface area contributed by atoms with Gasteiger partial charge in [0.25, 0.3) is 0 Å². The van der Waals surface area contributed by atoms with Gasteiger partial charge in [-0.05, 0) is 152 Å². The van der Waals surface area contributed by atoms with Gasteiger partial charge in [-0.1, -0.05) is 84.4 Å². The molecule has 5 aliphatic carbocycles. The molecule has 49 nitrogen and oxygen atoms in total. The van der Waals surface area contributed by atoms with E-state index in [0.717, 1.165) is 0 Å². The van der Waals surface area contributed by atoms with Gasteiger partial charge in [-0.25, -0.2) is 9.59 Å². The van der Waals surface area contributed by atoms with Crippen molar-refractivity contribution in [2.45, 2.75) is 455 Å². The minimum atomic E-state index is -2.30. The molecule has 0 bridgehead atoms. The summed E-state index contributed by atoms with van der Waals surface area (Å²) in [6, 6.07) is 0. The van der Waals surface area contributed by atoms with Crippen LogP contribution in [-0.2, 0) is 109 Å². The van der Waals surface area contributed by atoms with E-state index in [2.05, 4.69) is 33.1 Å². The minimum absolute atomic E-state index is 0.0581. The molecule has 0 aromatic rings. The number of rotatable bonds is 35. The fourth-order valence-corrected chi connectivity index (χ4v) is 25.4. The number of carbonyl (C=O) groups is 3. The molecule has 0 aromatic carbocycles. The van der Waals surface area contributed by atoms with Crippen LogP contribution in [0.25, 0.3) is 0 Å². The normalized spacial score (nSPS) is 49.2. The quantitative estimate of drug-likeness (QED) is 0.00922. The zero-order valence-corrected chi connectivity index (χ0v) is 86.5. The summed E-state index contributed by atoms with van der Waals surface area (Å²) in [7, 11) is 0. The Kier molecular flexibility index (Phi) is 38.4. The first-order chi connectivity index (χ1) is 70.3. The van der Waals surface area contributed by atoms with Crippen LogP contribution in [-0.4, -0.2) is 484 Å². The molecule has 9 saturated heterocycles. The second-order valence-corrected chi connectivity index (χ2v) is 45.7. The molecule has 0 radical (unpaired) electrons. The maximum Gasteiger partial charge on any atom is 0.336 e. The third kappa shape index (κ3) is 23.3. The number of carbonyl (C=O) groups excluding carboxylic acids is 3. The Morgan fingerprint density at radius 3 is 1.48 bits per heavy atom. The van der Waals surface area contributed by atoms with Crippen molar-refractivity contribution < 1.29 is 242 Å². The van der Waals surface area contributed by atoms with E-state index in [4.69, 9.17) is 94.7 Å². The second-order valence-electron chi connectivity index (χ2n) is 45.7. The molecule has 0 amide bonds. The van der Waals surface area contributed by atoms with E-state index in [9.17, 15) is 138 Å². The van der Waals surface area contributed by atoms with Crippen LogP contribution in [0.5, 0.6) is 0 Å². The van der Waals surface area contributed by atoms with Gasteiger partial charge in [0.05, 0.1) is 93.5 Å². The highest BCUT2D eigenvalue weighted by atomic mass is 16.8. The lowest BCUT2D eigenvalue weighted by molar-refractivity contribution is -0.390. The average Bonchev–Trinajstić information content (AvgIpc) is 0.670. The lowest BCUT2D eigenvalue weighted by atomic mass is 9.33. The van der Waals surface area contributed by atoms with Crippen LogP contribution in [0.15, 0.2) is 60.3 Å². The molecule has 14 aliphatic rings. The second kappa shape index (κ2) is 47.7. The molecule has 4 saturated carbocycles. The monoisotopic (exact) mass is 2160 g/mol. The summed E-state index contributed by atoms with van der Waals surface area (Å²) in [6.45, 7) is 25.5. The molecular formula is C101H160O49. The Bertz CT molecular complexity index is 4630. The standard InChI is InChI=1S/C101H160O49/c1-16-96(11,149-89-74(125)65(116)58(109)41(4)134-89)26-18-20-40(3)82(128)143-77-42(5)136-90(75(126)69(77)120)150-97(12,17-2)27-19-21-44(33-102)83(129)141-57-32-101(93(130)148-92-81(68(119)62(113)50(35-104)139-92)147-88-76(127)79(145-87-73(124)66(117)61(112)49(34-103)137-87)78(43(6)135-88)144-86-71(122)63(114)51(36-105)138-86)46(30-94(57,7)8)45-22-23-54-98(13)28-25-56(95(9,10)53(98)24-29-99(54,14)100(45,15)31-55(101)108)142-85-72(123)67(118)64(115)52(140-85)39-133-91-80(60(111)48(107)38-132-91)146-84-70(121)59(110)47(106)37-131-84/h16-17,20-22,41-43,46-81,84-92,102-127H,1-2,18-19,23-39H2,3-15H3/b40-20+,44-21-/t41-,42-,43+,46-,47-,48+,49-,50-,51-,52-,53-,54-,55-,56-,57-,58-,59+,60+,61-,62-,63+,64-,65+,66+,67+,68+,69-,70-,71-,72-,73-,74-,75-,76-,77-,78+,79+,80-,81-,84+,85+,86+,87+,88+,89+,90+,91+,92+,96+,97+,98-,99-,100-,101-/m1/s1. The molecule has 14 rings (SSSR count). The Hall–Kier alpha value is -4.61. The topological polar surface area (TPSA) is 762 Å². The molecule has 150 heavy (non-hydrogen) atoms. The highest BCUT2D eigenvalue weighted by molar-refractivity contribution is 5.89. The van der Waals surface area contributed by atoms with E-state index in [1.54, 1.807) is 27.7 Å². The molecule has 26 N–H and O–H groups in total. The summed E-state index contributed by atoms with van der Waals surface area (Å²) in [4.78, 5) is 45.7. The molecule has 0 spiro atoms. The van der Waals surface area contributed by atoms with E-state index in [-0.39, 0.29) is 61.5 Å². The number of allylic oxidation sites excluding steroid dienone is 4. The summed E-state index contributed by atoms with van der Waals surface area (Å²) in [5.74, 6) is -4.70. The number of aliphatic hydroxyl groups is 26. The first-order valence-corrected chi connectivity index (χ1v) is 51.8. The number of fused-ring (bicyclic) bond motifs is 7. The average molecular weight is 2160 g/mol. The molecule has 13 fully saturated rings. The Morgan fingerprint density at radius 1 is 0.427 bits per heavy atom. The van der Waals surface area contributed by atoms with Gasteiger partial charge >= 0.3 is 17.9 Å². The van der Waals surface area contributed by atoms with Gasteiger partial charge in [-0.2, -0.15) is 0 Å². The molecule has 54 atom stereocenters. The maximum atomic E-state index is 16.9. The van der Waals surface area contributed by atoms with Crippen LogP contribution in [0.1, 0.15) is 167 Å². The summed E-state index contributed by atoms with van der Waals surface area (Å²) in [6.07, 6.45) is -67.7. The van der Waals surface area contributed by atoms with Crippen molar-refractivity contribution in [3.63, 3.8) is 0 Å². The van der Waals surface area contributed by atoms with Gasteiger partial charge in [0.15, 0.2) is 62.5 Å². The van der Waals surface area contributed by atoms with E-state index < -0.39 is 397 Å². The van der Waals surface area contributed by atoms with E-state index in [0.29, 0.717) is 37.7 Å². The molecule has 9 aliphatic heterocycles. The first-order valence-electron chi connectivity index (χ1n) is 51.8. The molecule has 0 aromatic heterocycles. The smallest absolute Gasteiger partial charge is 0.336 e. The fraction of sp³-hybridized carbons (Fsp3) is 0.871. The Labute approximate surface area is 867 Å². The number of esters is 3. The van der Waals surface area contributed by atoms with Crippen molar-refractivity contribution in [3.05, 3.63) is 60.3 Å². The Balaban J connectivity index is 0.715. The predicted octanol–water partition coefficient (Wildman–Crippen LogP) is -6.57. The van der Waals surface area contributed by atoms with Crippen molar-refractivity contribution in [1.82, 2.24) is 0 Å². The zero-order chi connectivity index (χ0) is 110. The van der Waals surface area contributed by atoms with Gasteiger partial charge < -0.3 is 228 Å². The van der Waals surface area contributed by atoms with E-state index in [1.165, 1.54) is 52.0 Å². The Morgan fingerprint density at radius 2 is 0.887 bits per heavy atom. The van der Waals surface area contributed by atoms with Crippen molar-refractivity contribution in [2.24, 2.45) is 50.2 Å². The SMILES string of the molecule is C=C[C@@](C)(CC/C=C(\C)C(=O)O[C@H]1[C@H](O)[C@@H](O)[C@H](O[C@@](C)(C=C)CC/C=C(/CO)C(=O)O[C@@H]2C[C@]3(C(=O)O[C@@H]4O[C@H](CO)[C@@H](O)[C@H](O)[C@H]4O[C@@H]4O[C@@H](C)[C@H](O[C@@H]5O[C@H](CO)[C@H](O)[C@H]5O)[C@@H](O[C@@H]5O[C@H](CO)[C@@H](O)[C@H](O)[C@H]5O)[C@H]4O)[C@H](O)C[C@]4(C)C(=CC[C@@H]5[C@]6(C)CC[C@@H](O[C@@H]7O[C@H](CO[C@@H]8OC[C@H](O)[C@H](O)[C@H]8O[C@@H]8OC[C@@H](O)[C@H](O)[C@H]8O)[C@@H](O)[C@H](O)[C@H]7O)C(C)(C)[C@H]6CC[C@]54C)[C@H]3CC2(C)C)O[C@@H]1C)O[C@@H]1O[C@H](C)[C@@H](O)[C@H](O)[C@H]1O. The first kappa shape index (κ1) is 121. The van der Waals surface area contributed by atoms with Crippen LogP contribution in [0.4, 0.5) is 0 Å². The van der Waals surface area contributed by atoms with Gasteiger partial charge in [-0.15, -0.1) is 13.2 Å². The van der Waals surface area contributed by atoms with E-state index >= 15 is 9.59 Å². The molecule has 49 heteroatoms. The highest BCUT2D eigenvalue weighted by Crippen LogP contribution is 2.77. The third-order valence-corrected chi connectivity index (χ3v) is 35.3. The summed E-state index contributed by atoms with van der Waals surface area (Å²) in [5, 5.41) is 290. The lowest BCUT2D eigenvalue weighted by Gasteiger charge is -2.72. The van der Waals surface area contributed by atoms with Crippen molar-refractivity contribution >= 4 is 17.9 Å². The molecule has 0 unspecified atom stereocenters. The predicted molar refractivity (Wildman–Crippen MR) is 503 cm³/mol. The highest BCUT2D eigenvalue weighted by Gasteiger charge is 2.74. The van der Waals surface area contributed by atoms with Crippen LogP contribution < -0.4 is 0 Å². The molecule has 858 valence electrons. The van der Waals surface area contributed by atoms with Crippen LogP contribution in [0.2, 0.25) is 0 Å². The maximum absolute atomic E-state index is 16.9.